The van der Waals surface area contributed by atoms with Crippen LogP contribution >= 0.6 is 0 Å². The highest BCUT2D eigenvalue weighted by molar-refractivity contribution is 5.59. The van der Waals surface area contributed by atoms with Crippen LogP contribution in [0.3, 0.4) is 0 Å². The van der Waals surface area contributed by atoms with Crippen molar-refractivity contribution >= 4 is 5.76 Å². The molecule has 0 saturated carbocycles. The van der Waals surface area contributed by atoms with Crippen molar-refractivity contribution in [1.29, 1.82) is 0 Å². The SMILES string of the molecule is CC1OC=C(c2ccccc2)O1. The van der Waals surface area contributed by atoms with E-state index in [1.54, 1.807) is 6.26 Å². The molecule has 1 aromatic carbocycles. The first-order valence-corrected chi connectivity index (χ1v) is 3.94. The number of ether oxygens (including phenoxy) is 2. The molecule has 1 unspecified atom stereocenters. The second-order valence-corrected chi connectivity index (χ2v) is 2.67. The van der Waals surface area contributed by atoms with Crippen LogP contribution in [0, 0.1) is 0 Å². The Balaban J connectivity index is 2.22. The largest absolute Gasteiger partial charge is 0.459 e. The van der Waals surface area contributed by atoms with Crippen LogP contribution in [0.25, 0.3) is 5.76 Å². The molecule has 0 aromatic heterocycles. The lowest BCUT2D eigenvalue weighted by Gasteiger charge is -2.04. The summed E-state index contributed by atoms with van der Waals surface area (Å²) >= 11 is 0. The lowest BCUT2D eigenvalue weighted by molar-refractivity contribution is 0.00193. The summed E-state index contributed by atoms with van der Waals surface area (Å²) in [5.41, 5.74) is 1.06. The first-order chi connectivity index (χ1) is 5.86. The molecule has 0 fully saturated rings. The van der Waals surface area contributed by atoms with Crippen LogP contribution in [0.4, 0.5) is 0 Å². The van der Waals surface area contributed by atoms with Crippen LogP contribution in [0.15, 0.2) is 36.6 Å². The molecule has 1 aliphatic rings. The molecule has 1 atom stereocenters. The predicted octanol–water partition coefficient (Wildman–Crippen LogP) is 2.38. The van der Waals surface area contributed by atoms with Crippen molar-refractivity contribution in [2.75, 3.05) is 0 Å². The first-order valence-electron chi connectivity index (χ1n) is 3.94. The number of benzene rings is 1. The van der Waals surface area contributed by atoms with Gasteiger partial charge in [0.25, 0.3) is 0 Å². The van der Waals surface area contributed by atoms with Gasteiger partial charge in [0.05, 0.1) is 0 Å². The van der Waals surface area contributed by atoms with Crippen LogP contribution in [0.1, 0.15) is 12.5 Å². The fraction of sp³-hybridized carbons (Fsp3) is 0.200. The number of hydrogen-bond acceptors (Lipinski definition) is 2. The minimum absolute atomic E-state index is 0.153. The zero-order valence-corrected chi connectivity index (χ0v) is 6.86. The molecule has 12 heavy (non-hydrogen) atoms. The lowest BCUT2D eigenvalue weighted by atomic mass is 10.2. The third-order valence-electron chi connectivity index (χ3n) is 1.72. The Labute approximate surface area is 71.4 Å². The van der Waals surface area contributed by atoms with Gasteiger partial charge < -0.3 is 9.47 Å². The van der Waals surface area contributed by atoms with Gasteiger partial charge in [-0.25, -0.2) is 0 Å². The van der Waals surface area contributed by atoms with E-state index in [0.29, 0.717) is 0 Å². The average Bonchev–Trinajstić information content (AvgIpc) is 2.54. The standard InChI is InChI=1S/C10H10O2/c1-8-11-7-10(12-8)9-5-3-2-4-6-9/h2-8H,1H3. The normalized spacial score (nSPS) is 21.1. The summed E-state index contributed by atoms with van der Waals surface area (Å²) in [6.45, 7) is 1.87. The monoisotopic (exact) mass is 162 g/mol. The van der Waals surface area contributed by atoms with Gasteiger partial charge in [-0.15, -0.1) is 0 Å². The molecule has 0 amide bonds. The van der Waals surface area contributed by atoms with Gasteiger partial charge in [0.15, 0.2) is 5.76 Å². The van der Waals surface area contributed by atoms with Crippen LogP contribution in [-0.4, -0.2) is 6.29 Å². The van der Waals surface area contributed by atoms with Crippen molar-refractivity contribution in [2.24, 2.45) is 0 Å². The van der Waals surface area contributed by atoms with Crippen LogP contribution in [0.2, 0.25) is 0 Å². The summed E-state index contributed by atoms with van der Waals surface area (Å²) in [5.74, 6) is 0.808. The molecule has 0 saturated heterocycles. The van der Waals surface area contributed by atoms with Gasteiger partial charge in [-0.1, -0.05) is 30.3 Å². The number of rotatable bonds is 1. The van der Waals surface area contributed by atoms with E-state index in [9.17, 15) is 0 Å². The highest BCUT2D eigenvalue weighted by Gasteiger charge is 2.14. The van der Waals surface area contributed by atoms with Gasteiger partial charge in [-0.05, 0) is 0 Å². The molecule has 2 rings (SSSR count). The maximum atomic E-state index is 5.39. The van der Waals surface area contributed by atoms with Gasteiger partial charge in [0.2, 0.25) is 6.29 Å². The quantitative estimate of drug-likeness (QED) is 0.631. The average molecular weight is 162 g/mol. The fourth-order valence-corrected chi connectivity index (χ4v) is 1.13. The molecule has 0 spiro atoms. The molecule has 2 heteroatoms. The summed E-state index contributed by atoms with van der Waals surface area (Å²) in [5, 5.41) is 0. The van der Waals surface area contributed by atoms with E-state index in [4.69, 9.17) is 9.47 Å². The molecular formula is C10H10O2. The van der Waals surface area contributed by atoms with Crippen LogP contribution < -0.4 is 0 Å². The smallest absolute Gasteiger partial charge is 0.237 e. The van der Waals surface area contributed by atoms with Crippen molar-refractivity contribution < 1.29 is 9.47 Å². The van der Waals surface area contributed by atoms with E-state index in [2.05, 4.69) is 0 Å². The minimum Gasteiger partial charge on any atom is -0.459 e. The van der Waals surface area contributed by atoms with Crippen LogP contribution in [-0.2, 0) is 9.47 Å². The summed E-state index contributed by atoms with van der Waals surface area (Å²) < 4.78 is 10.5. The van der Waals surface area contributed by atoms with Gasteiger partial charge >= 0.3 is 0 Å². The predicted molar refractivity (Wildman–Crippen MR) is 46.1 cm³/mol. The Kier molecular flexibility index (Phi) is 1.74. The highest BCUT2D eigenvalue weighted by atomic mass is 16.7. The van der Waals surface area contributed by atoms with E-state index >= 15 is 0 Å². The molecule has 1 aromatic rings. The second kappa shape index (κ2) is 2.89. The maximum Gasteiger partial charge on any atom is 0.237 e. The van der Waals surface area contributed by atoms with Crippen molar-refractivity contribution in [1.82, 2.24) is 0 Å². The van der Waals surface area contributed by atoms with E-state index < -0.39 is 0 Å². The van der Waals surface area contributed by atoms with E-state index in [-0.39, 0.29) is 6.29 Å². The summed E-state index contributed by atoms with van der Waals surface area (Å²) in [4.78, 5) is 0. The van der Waals surface area contributed by atoms with Crippen molar-refractivity contribution in [3.05, 3.63) is 42.2 Å². The van der Waals surface area contributed by atoms with E-state index in [1.807, 2.05) is 37.3 Å². The first kappa shape index (κ1) is 7.22. The fourth-order valence-electron chi connectivity index (χ4n) is 1.13. The van der Waals surface area contributed by atoms with E-state index in [1.165, 1.54) is 0 Å². The van der Waals surface area contributed by atoms with Crippen LogP contribution in [0.5, 0.6) is 0 Å². The molecule has 62 valence electrons. The molecule has 0 radical (unpaired) electrons. The van der Waals surface area contributed by atoms with Crippen molar-refractivity contribution in [3.63, 3.8) is 0 Å². The molecule has 1 aliphatic heterocycles. The van der Waals surface area contributed by atoms with Gasteiger partial charge in [-0.3, -0.25) is 0 Å². The Morgan fingerprint density at radius 1 is 1.17 bits per heavy atom. The Hall–Kier alpha value is -1.44. The maximum absolute atomic E-state index is 5.39. The number of hydrogen-bond donors (Lipinski definition) is 0. The molecular weight excluding hydrogens is 152 g/mol. The molecule has 1 heterocycles. The molecule has 0 aliphatic carbocycles. The minimum atomic E-state index is -0.153. The molecule has 0 bridgehead atoms. The third kappa shape index (κ3) is 1.28. The Bertz CT molecular complexity index is 290. The Morgan fingerprint density at radius 3 is 2.50 bits per heavy atom. The van der Waals surface area contributed by atoms with Crippen molar-refractivity contribution in [2.45, 2.75) is 13.2 Å². The topological polar surface area (TPSA) is 18.5 Å². The molecule has 2 nitrogen and oxygen atoms in total. The Morgan fingerprint density at radius 2 is 1.92 bits per heavy atom. The van der Waals surface area contributed by atoms with Crippen molar-refractivity contribution in [3.8, 4) is 0 Å². The lowest BCUT2D eigenvalue weighted by Crippen LogP contribution is -2.00. The second-order valence-electron chi connectivity index (χ2n) is 2.67. The zero-order valence-electron chi connectivity index (χ0n) is 6.86. The summed E-state index contributed by atoms with van der Waals surface area (Å²) in [6.07, 6.45) is 1.50. The van der Waals surface area contributed by atoms with E-state index in [0.717, 1.165) is 11.3 Å². The van der Waals surface area contributed by atoms with Gasteiger partial charge in [0.1, 0.15) is 6.26 Å². The third-order valence-corrected chi connectivity index (χ3v) is 1.72. The molecule has 0 N–H and O–H groups in total. The van der Waals surface area contributed by atoms with Gasteiger partial charge in [0, 0.05) is 12.5 Å². The summed E-state index contributed by atoms with van der Waals surface area (Å²) in [7, 11) is 0. The van der Waals surface area contributed by atoms with Gasteiger partial charge in [-0.2, -0.15) is 0 Å². The highest BCUT2D eigenvalue weighted by Crippen LogP contribution is 2.23. The zero-order chi connectivity index (χ0) is 8.39. The summed E-state index contributed by atoms with van der Waals surface area (Å²) in [6, 6.07) is 9.91.